The van der Waals surface area contributed by atoms with Gasteiger partial charge in [0.1, 0.15) is 0 Å². The highest BCUT2D eigenvalue weighted by Gasteiger charge is 2.26. The molecule has 0 atom stereocenters. The van der Waals surface area contributed by atoms with Gasteiger partial charge >= 0.3 is 0 Å². The van der Waals surface area contributed by atoms with E-state index in [2.05, 4.69) is 14.7 Å². The van der Waals surface area contributed by atoms with Gasteiger partial charge in [0, 0.05) is 11.4 Å². The Morgan fingerprint density at radius 2 is 2.43 bits per heavy atom. The zero-order valence-corrected chi connectivity index (χ0v) is 9.07. The molecule has 1 aromatic heterocycles. The van der Waals surface area contributed by atoms with Crippen molar-refractivity contribution in [1.82, 2.24) is 9.71 Å². The molecule has 14 heavy (non-hydrogen) atoms. The van der Waals surface area contributed by atoms with Crippen molar-refractivity contribution in [3.63, 3.8) is 0 Å². The molecule has 0 saturated heterocycles. The maximum atomic E-state index is 4.46. The average molecular weight is 223 g/mol. The van der Waals surface area contributed by atoms with Crippen LogP contribution in [-0.2, 0) is 0 Å². The lowest BCUT2D eigenvalue weighted by Gasteiger charge is -2.14. The number of nitrogens with one attached hydrogen (secondary N) is 1. The Kier molecular flexibility index (Phi) is 2.14. The average Bonchev–Trinajstić information content (AvgIpc) is 3.02. The molecule has 1 fully saturated rings. The van der Waals surface area contributed by atoms with E-state index in [0.29, 0.717) is 0 Å². The Labute approximate surface area is 90.9 Å². The van der Waals surface area contributed by atoms with Crippen LogP contribution in [-0.4, -0.2) is 15.4 Å². The molecule has 0 spiro atoms. The predicted octanol–water partition coefficient (Wildman–Crippen LogP) is 2.58. The molecule has 3 nitrogen and oxygen atoms in total. The molecule has 3 rings (SSSR count). The van der Waals surface area contributed by atoms with Crippen LogP contribution in [0.4, 0.5) is 5.82 Å². The molecule has 1 aliphatic heterocycles. The third kappa shape index (κ3) is 1.74. The Bertz CT molecular complexity index is 387. The van der Waals surface area contributed by atoms with Crippen molar-refractivity contribution in [2.24, 2.45) is 4.99 Å². The first-order valence-corrected chi connectivity index (χ1v) is 6.25. The lowest BCUT2D eigenvalue weighted by Crippen LogP contribution is -2.15. The van der Waals surface area contributed by atoms with E-state index in [1.807, 2.05) is 23.9 Å². The highest BCUT2D eigenvalue weighted by Crippen LogP contribution is 2.38. The zero-order valence-electron chi connectivity index (χ0n) is 7.43. The molecule has 1 N–H and O–H groups in total. The van der Waals surface area contributed by atoms with Crippen molar-refractivity contribution in [3.05, 3.63) is 18.3 Å². The zero-order chi connectivity index (χ0) is 9.38. The van der Waals surface area contributed by atoms with Gasteiger partial charge in [0.25, 0.3) is 0 Å². The van der Waals surface area contributed by atoms with Crippen molar-refractivity contribution < 1.29 is 0 Å². The Balaban J connectivity index is 1.86. The van der Waals surface area contributed by atoms with E-state index in [-0.39, 0.29) is 0 Å². The van der Waals surface area contributed by atoms with E-state index in [4.69, 9.17) is 0 Å². The molecule has 72 valence electrons. The van der Waals surface area contributed by atoms with Crippen LogP contribution in [0.2, 0.25) is 0 Å². The smallest absolute Gasteiger partial charge is 0.174 e. The van der Waals surface area contributed by atoms with Crippen LogP contribution in [0.5, 0.6) is 0 Å². The fourth-order valence-corrected chi connectivity index (χ4v) is 2.88. The summed E-state index contributed by atoms with van der Waals surface area (Å²) in [5.41, 5.74) is 0. The van der Waals surface area contributed by atoms with Crippen LogP contribution in [0.3, 0.4) is 0 Å². The highest BCUT2D eigenvalue weighted by molar-refractivity contribution is 8.16. The van der Waals surface area contributed by atoms with E-state index >= 15 is 0 Å². The quantitative estimate of drug-likeness (QED) is 0.742. The van der Waals surface area contributed by atoms with Gasteiger partial charge in [0.05, 0.1) is 4.90 Å². The molecule has 0 amide bonds. The van der Waals surface area contributed by atoms with Crippen molar-refractivity contribution in [3.8, 4) is 0 Å². The molecule has 0 aromatic carbocycles. The first kappa shape index (κ1) is 8.61. The van der Waals surface area contributed by atoms with Gasteiger partial charge in [-0.2, -0.15) is 0 Å². The molecule has 1 aromatic rings. The summed E-state index contributed by atoms with van der Waals surface area (Å²) in [5, 5.41) is 1.79. The summed E-state index contributed by atoms with van der Waals surface area (Å²) in [4.78, 5) is 9.80. The van der Waals surface area contributed by atoms with E-state index in [1.165, 1.54) is 12.8 Å². The lowest BCUT2D eigenvalue weighted by molar-refractivity contribution is 1.17. The number of thioether (sulfide) groups is 1. The van der Waals surface area contributed by atoms with Crippen LogP contribution in [0, 0.1) is 0 Å². The Morgan fingerprint density at radius 1 is 1.50 bits per heavy atom. The van der Waals surface area contributed by atoms with Crippen molar-refractivity contribution in [2.45, 2.75) is 23.0 Å². The number of pyridine rings is 1. The van der Waals surface area contributed by atoms with Gasteiger partial charge in [0.15, 0.2) is 11.0 Å². The monoisotopic (exact) mass is 223 g/mol. The maximum Gasteiger partial charge on any atom is 0.174 e. The van der Waals surface area contributed by atoms with Crippen LogP contribution in [0.1, 0.15) is 12.8 Å². The number of hydrogen-bond donors (Lipinski definition) is 1. The predicted molar refractivity (Wildman–Crippen MR) is 60.9 cm³/mol. The second-order valence-electron chi connectivity index (χ2n) is 3.26. The third-order valence-electron chi connectivity index (χ3n) is 2.01. The summed E-state index contributed by atoms with van der Waals surface area (Å²) < 4.78 is 3.24. The second kappa shape index (κ2) is 3.47. The molecule has 1 saturated carbocycles. The summed E-state index contributed by atoms with van der Waals surface area (Å²) in [5.74, 6) is 0.847. The normalized spacial score (nSPS) is 19.6. The van der Waals surface area contributed by atoms with Crippen LogP contribution in [0.25, 0.3) is 0 Å². The minimum Gasteiger partial charge on any atom is -0.305 e. The molecule has 2 heterocycles. The number of hydrogen-bond acceptors (Lipinski definition) is 5. The number of aliphatic imine (C=N–C) groups is 1. The first-order valence-electron chi connectivity index (χ1n) is 4.55. The van der Waals surface area contributed by atoms with Gasteiger partial charge in [-0.3, -0.25) is 0 Å². The molecule has 5 heteroatoms. The number of aromatic nitrogens is 1. The van der Waals surface area contributed by atoms with Gasteiger partial charge in [0.2, 0.25) is 0 Å². The minimum atomic E-state index is 0.784. The van der Waals surface area contributed by atoms with E-state index in [9.17, 15) is 0 Å². The van der Waals surface area contributed by atoms with Crippen LogP contribution >= 0.6 is 23.7 Å². The van der Waals surface area contributed by atoms with Crippen LogP contribution in [0.15, 0.2) is 28.2 Å². The largest absolute Gasteiger partial charge is 0.305 e. The standard InChI is InChI=1S/C9H9N3S2/c1-2-7-8(10-5-1)11-9(12-14-7)13-6-3-4-6/h1-2,5-6H,3-4H2,(H,10,11,12). The van der Waals surface area contributed by atoms with E-state index in [1.54, 1.807) is 18.1 Å². The topological polar surface area (TPSA) is 37.3 Å². The van der Waals surface area contributed by atoms with Gasteiger partial charge in [-0.05, 0) is 36.9 Å². The van der Waals surface area contributed by atoms with Gasteiger partial charge in [-0.15, -0.1) is 0 Å². The Hall–Kier alpha value is -0.680. The number of fused-ring (bicyclic) bond motifs is 1. The Morgan fingerprint density at radius 3 is 3.29 bits per heavy atom. The maximum absolute atomic E-state index is 4.46. The first-order chi connectivity index (χ1) is 6.92. The summed E-state index contributed by atoms with van der Waals surface area (Å²) in [6.07, 6.45) is 4.43. The molecule has 1 aliphatic carbocycles. The second-order valence-corrected chi connectivity index (χ2v) is 5.40. The molecular formula is C9H9N3S2. The number of rotatable bonds is 1. The molecule has 0 bridgehead atoms. The molecular weight excluding hydrogens is 214 g/mol. The summed E-state index contributed by atoms with van der Waals surface area (Å²) in [6.45, 7) is 0. The minimum absolute atomic E-state index is 0.784. The van der Waals surface area contributed by atoms with Crippen LogP contribution < -0.4 is 4.72 Å². The summed E-state index contributed by atoms with van der Waals surface area (Å²) >= 11 is 3.43. The SMILES string of the molecule is c1cnc2c(c1)SNC(SC1CC1)=N2. The van der Waals surface area contributed by atoms with Crippen molar-refractivity contribution >= 4 is 34.7 Å². The van der Waals surface area contributed by atoms with Gasteiger partial charge in [-0.1, -0.05) is 11.8 Å². The molecule has 0 unspecified atom stereocenters. The van der Waals surface area contributed by atoms with Crippen molar-refractivity contribution in [2.75, 3.05) is 0 Å². The van der Waals surface area contributed by atoms with E-state index in [0.717, 1.165) is 21.1 Å². The number of nitrogens with zero attached hydrogens (tertiary/aromatic N) is 2. The highest BCUT2D eigenvalue weighted by atomic mass is 32.2. The number of amidine groups is 1. The van der Waals surface area contributed by atoms with Gasteiger partial charge < -0.3 is 4.72 Å². The third-order valence-corrected chi connectivity index (χ3v) is 4.19. The van der Waals surface area contributed by atoms with E-state index < -0.39 is 0 Å². The molecule has 0 radical (unpaired) electrons. The fourth-order valence-electron chi connectivity index (χ4n) is 1.16. The molecule has 2 aliphatic rings. The fraction of sp³-hybridized carbons (Fsp3) is 0.333. The summed E-state index contributed by atoms with van der Waals surface area (Å²) in [7, 11) is 0. The van der Waals surface area contributed by atoms with Gasteiger partial charge in [-0.25, -0.2) is 9.98 Å². The lowest BCUT2D eigenvalue weighted by atomic mass is 10.5. The van der Waals surface area contributed by atoms with Crippen molar-refractivity contribution in [1.29, 1.82) is 0 Å². The summed E-state index contributed by atoms with van der Waals surface area (Å²) in [6, 6.07) is 3.96.